The number of nitrogens with zero attached hydrogens (tertiary/aromatic N) is 3. The van der Waals surface area contributed by atoms with Crippen molar-refractivity contribution in [2.45, 2.75) is 4.90 Å². The van der Waals surface area contributed by atoms with Crippen molar-refractivity contribution in [3.63, 3.8) is 0 Å². The highest BCUT2D eigenvalue weighted by molar-refractivity contribution is 7.89. The van der Waals surface area contributed by atoms with E-state index in [-0.39, 0.29) is 16.8 Å². The SMILES string of the molecule is CNS(=O)(=O)c1cccc(Nc2ncnc(Nc3cc(Cl)cc(Cl)c3)n2)c1. The molecule has 0 aliphatic heterocycles. The van der Waals surface area contributed by atoms with Gasteiger partial charge in [-0.2, -0.15) is 4.98 Å². The van der Waals surface area contributed by atoms with Gasteiger partial charge >= 0.3 is 0 Å². The van der Waals surface area contributed by atoms with E-state index in [1.165, 1.54) is 25.5 Å². The fraction of sp³-hybridized carbons (Fsp3) is 0.0625. The van der Waals surface area contributed by atoms with Crippen molar-refractivity contribution in [3.8, 4) is 0 Å². The number of benzene rings is 2. The van der Waals surface area contributed by atoms with E-state index in [0.29, 0.717) is 21.4 Å². The number of rotatable bonds is 6. The summed E-state index contributed by atoms with van der Waals surface area (Å²) in [5, 5.41) is 6.87. The Hall–Kier alpha value is -2.46. The first kappa shape index (κ1) is 19.3. The van der Waals surface area contributed by atoms with Crippen LogP contribution in [0.15, 0.2) is 53.7 Å². The van der Waals surface area contributed by atoms with E-state index in [9.17, 15) is 8.42 Å². The maximum Gasteiger partial charge on any atom is 0.240 e. The van der Waals surface area contributed by atoms with Crippen molar-refractivity contribution in [2.24, 2.45) is 0 Å². The molecule has 0 aliphatic carbocycles. The summed E-state index contributed by atoms with van der Waals surface area (Å²) in [5.74, 6) is 0.504. The Labute approximate surface area is 166 Å². The summed E-state index contributed by atoms with van der Waals surface area (Å²) < 4.78 is 26.1. The van der Waals surface area contributed by atoms with Gasteiger partial charge in [-0.3, -0.25) is 0 Å². The van der Waals surface area contributed by atoms with Gasteiger partial charge < -0.3 is 10.6 Å². The molecule has 0 atom stereocenters. The predicted octanol–water partition coefficient (Wildman–Crippen LogP) is 3.57. The van der Waals surface area contributed by atoms with Crippen LogP contribution in [0.25, 0.3) is 0 Å². The third-order valence-electron chi connectivity index (χ3n) is 3.36. The Bertz CT molecular complexity index is 1060. The van der Waals surface area contributed by atoms with Gasteiger partial charge in [-0.05, 0) is 43.4 Å². The minimum Gasteiger partial charge on any atom is -0.324 e. The molecule has 1 heterocycles. The molecule has 0 saturated heterocycles. The molecule has 0 aliphatic rings. The van der Waals surface area contributed by atoms with Gasteiger partial charge in [0.15, 0.2) is 0 Å². The molecular formula is C16H14Cl2N6O2S. The second-order valence-corrected chi connectivity index (χ2v) is 8.04. The molecule has 0 spiro atoms. The van der Waals surface area contributed by atoms with Crippen LogP contribution in [0, 0.1) is 0 Å². The standard InChI is InChI=1S/C16H14Cl2N6O2S/c1-19-27(25,26)14-4-2-3-12(8-14)22-15-20-9-21-16(24-15)23-13-6-10(17)5-11(18)7-13/h2-9,19H,1H3,(H2,20,21,22,23,24). The molecule has 3 aromatic rings. The fourth-order valence-corrected chi connectivity index (χ4v) is 3.46. The molecule has 140 valence electrons. The molecule has 8 nitrogen and oxygen atoms in total. The summed E-state index contributed by atoms with van der Waals surface area (Å²) in [6.45, 7) is 0. The van der Waals surface area contributed by atoms with E-state index in [4.69, 9.17) is 23.2 Å². The fourth-order valence-electron chi connectivity index (χ4n) is 2.16. The lowest BCUT2D eigenvalue weighted by molar-refractivity contribution is 0.588. The van der Waals surface area contributed by atoms with Crippen LogP contribution < -0.4 is 15.4 Å². The van der Waals surface area contributed by atoms with E-state index >= 15 is 0 Å². The van der Waals surface area contributed by atoms with Crippen molar-refractivity contribution in [2.75, 3.05) is 17.7 Å². The van der Waals surface area contributed by atoms with E-state index in [0.717, 1.165) is 0 Å². The average molecular weight is 425 g/mol. The quantitative estimate of drug-likeness (QED) is 0.554. The molecule has 0 amide bonds. The predicted molar refractivity (Wildman–Crippen MR) is 106 cm³/mol. The van der Waals surface area contributed by atoms with E-state index in [2.05, 4.69) is 30.3 Å². The topological polar surface area (TPSA) is 109 Å². The monoisotopic (exact) mass is 424 g/mol. The first-order valence-electron chi connectivity index (χ1n) is 7.58. The second-order valence-electron chi connectivity index (χ2n) is 5.28. The average Bonchev–Trinajstić information content (AvgIpc) is 2.61. The maximum absolute atomic E-state index is 11.9. The zero-order valence-electron chi connectivity index (χ0n) is 13.9. The highest BCUT2D eigenvalue weighted by Gasteiger charge is 2.12. The van der Waals surface area contributed by atoms with Gasteiger partial charge in [-0.1, -0.05) is 29.3 Å². The zero-order valence-corrected chi connectivity index (χ0v) is 16.3. The van der Waals surface area contributed by atoms with Gasteiger partial charge in [0, 0.05) is 21.4 Å². The van der Waals surface area contributed by atoms with Crippen LogP contribution in [0.1, 0.15) is 0 Å². The van der Waals surface area contributed by atoms with E-state index in [1.54, 1.807) is 30.3 Å². The summed E-state index contributed by atoms with van der Waals surface area (Å²) in [7, 11) is -2.20. The van der Waals surface area contributed by atoms with Crippen LogP contribution >= 0.6 is 23.2 Å². The summed E-state index contributed by atoms with van der Waals surface area (Å²) >= 11 is 11.9. The summed E-state index contributed by atoms with van der Waals surface area (Å²) in [6.07, 6.45) is 1.32. The van der Waals surface area contributed by atoms with Crippen molar-refractivity contribution in [3.05, 3.63) is 58.8 Å². The van der Waals surface area contributed by atoms with Crippen LogP contribution in [0.3, 0.4) is 0 Å². The number of halogens is 2. The molecule has 0 bridgehead atoms. The summed E-state index contributed by atoms with van der Waals surface area (Å²) in [6, 6.07) is 11.2. The van der Waals surface area contributed by atoms with Gasteiger partial charge in [0.2, 0.25) is 21.9 Å². The van der Waals surface area contributed by atoms with Crippen molar-refractivity contribution in [1.29, 1.82) is 0 Å². The number of sulfonamides is 1. The maximum atomic E-state index is 11.9. The van der Waals surface area contributed by atoms with Crippen LogP contribution in [-0.2, 0) is 10.0 Å². The number of hydrogen-bond donors (Lipinski definition) is 3. The second kappa shape index (κ2) is 8.05. The van der Waals surface area contributed by atoms with Gasteiger partial charge in [-0.15, -0.1) is 0 Å². The molecule has 3 rings (SSSR count). The smallest absolute Gasteiger partial charge is 0.240 e. The van der Waals surface area contributed by atoms with Crippen molar-refractivity contribution >= 4 is 56.5 Å². The molecule has 27 heavy (non-hydrogen) atoms. The Morgan fingerprint density at radius 2 is 1.52 bits per heavy atom. The van der Waals surface area contributed by atoms with Crippen molar-refractivity contribution in [1.82, 2.24) is 19.7 Å². The Balaban J connectivity index is 1.81. The lowest BCUT2D eigenvalue weighted by atomic mass is 10.3. The van der Waals surface area contributed by atoms with Crippen LogP contribution in [0.2, 0.25) is 10.0 Å². The lowest BCUT2D eigenvalue weighted by Crippen LogP contribution is -2.18. The molecule has 11 heteroatoms. The van der Waals surface area contributed by atoms with Crippen LogP contribution in [0.5, 0.6) is 0 Å². The molecule has 0 unspecified atom stereocenters. The van der Waals surface area contributed by atoms with Gasteiger partial charge in [0.25, 0.3) is 0 Å². The summed E-state index contributed by atoms with van der Waals surface area (Å²) in [5.41, 5.74) is 1.13. The highest BCUT2D eigenvalue weighted by atomic mass is 35.5. The van der Waals surface area contributed by atoms with E-state index in [1.807, 2.05) is 0 Å². The third-order valence-corrected chi connectivity index (χ3v) is 5.21. The molecule has 1 aromatic heterocycles. The van der Waals surface area contributed by atoms with Crippen LogP contribution in [-0.4, -0.2) is 30.4 Å². The zero-order chi connectivity index (χ0) is 19.4. The van der Waals surface area contributed by atoms with Gasteiger partial charge in [0.05, 0.1) is 4.90 Å². The number of aromatic nitrogens is 3. The minimum absolute atomic E-state index is 0.121. The molecular weight excluding hydrogens is 411 g/mol. The largest absolute Gasteiger partial charge is 0.324 e. The van der Waals surface area contributed by atoms with Gasteiger partial charge in [0.1, 0.15) is 6.33 Å². The Kier molecular flexibility index (Phi) is 5.76. The Morgan fingerprint density at radius 3 is 2.15 bits per heavy atom. The molecule has 2 aromatic carbocycles. The molecule has 0 radical (unpaired) electrons. The first-order chi connectivity index (χ1) is 12.9. The van der Waals surface area contributed by atoms with Gasteiger partial charge in [-0.25, -0.2) is 23.1 Å². The lowest BCUT2D eigenvalue weighted by Gasteiger charge is -2.09. The van der Waals surface area contributed by atoms with Crippen molar-refractivity contribution < 1.29 is 8.42 Å². The molecule has 0 fully saturated rings. The highest BCUT2D eigenvalue weighted by Crippen LogP contribution is 2.24. The van der Waals surface area contributed by atoms with Crippen LogP contribution in [0.4, 0.5) is 23.3 Å². The minimum atomic E-state index is -3.55. The van der Waals surface area contributed by atoms with E-state index < -0.39 is 10.0 Å². The third kappa shape index (κ3) is 5.04. The normalized spacial score (nSPS) is 11.2. The molecule has 3 N–H and O–H groups in total. The first-order valence-corrected chi connectivity index (χ1v) is 9.82. The Morgan fingerprint density at radius 1 is 0.889 bits per heavy atom. The number of anilines is 4. The number of hydrogen-bond acceptors (Lipinski definition) is 7. The molecule has 0 saturated carbocycles. The number of nitrogens with one attached hydrogen (secondary N) is 3. The summed E-state index contributed by atoms with van der Waals surface area (Å²) in [4.78, 5) is 12.4.